The highest BCUT2D eigenvalue weighted by Crippen LogP contribution is 2.22. The molecule has 0 bridgehead atoms. The molecule has 1 aromatic carbocycles. The van der Waals surface area contributed by atoms with Crippen molar-refractivity contribution in [1.29, 1.82) is 0 Å². The zero-order valence-corrected chi connectivity index (χ0v) is 8.21. The van der Waals surface area contributed by atoms with Crippen molar-refractivity contribution >= 4 is 21.6 Å². The summed E-state index contributed by atoms with van der Waals surface area (Å²) in [6.07, 6.45) is 0. The second-order valence-electron chi connectivity index (χ2n) is 2.62. The van der Waals surface area contributed by atoms with Crippen molar-refractivity contribution in [3.8, 4) is 0 Å². The van der Waals surface area contributed by atoms with Gasteiger partial charge in [0.1, 0.15) is 0 Å². The summed E-state index contributed by atoms with van der Waals surface area (Å²) in [6.45, 7) is 0.441. The van der Waals surface area contributed by atoms with Gasteiger partial charge in [-0.05, 0) is 33.6 Å². The van der Waals surface area contributed by atoms with Crippen LogP contribution in [0.1, 0.15) is 11.6 Å². The Hall–Kier alpha value is -0.580. The average Bonchev–Trinajstić information content (AvgIpc) is 2.08. The third-order valence-electron chi connectivity index (χ3n) is 1.71. The van der Waals surface area contributed by atoms with Crippen LogP contribution in [0.5, 0.6) is 0 Å². The van der Waals surface area contributed by atoms with E-state index in [4.69, 9.17) is 17.2 Å². The molecule has 6 N–H and O–H groups in total. The van der Waals surface area contributed by atoms with Crippen molar-refractivity contribution < 1.29 is 0 Å². The molecular weight excluding hydrogens is 218 g/mol. The molecule has 0 saturated carbocycles. The summed E-state index contributed by atoms with van der Waals surface area (Å²) in [7, 11) is 0. The Labute approximate surface area is 80.0 Å². The van der Waals surface area contributed by atoms with E-state index in [0.717, 1.165) is 10.0 Å². The minimum absolute atomic E-state index is 0.109. The molecule has 0 saturated heterocycles. The quantitative estimate of drug-likeness (QED) is 0.663. The van der Waals surface area contributed by atoms with Gasteiger partial charge in [-0.15, -0.1) is 0 Å². The Morgan fingerprint density at radius 3 is 2.58 bits per heavy atom. The Bertz CT molecular complexity index is 275. The van der Waals surface area contributed by atoms with Crippen molar-refractivity contribution in [3.05, 3.63) is 28.2 Å². The summed E-state index contributed by atoms with van der Waals surface area (Å²) in [4.78, 5) is 0. The Kier molecular flexibility index (Phi) is 3.08. The van der Waals surface area contributed by atoms with E-state index in [1.165, 1.54) is 0 Å². The van der Waals surface area contributed by atoms with Crippen molar-refractivity contribution in [2.45, 2.75) is 6.04 Å². The maximum Gasteiger partial charge on any atom is 0.0458 e. The van der Waals surface area contributed by atoms with Gasteiger partial charge < -0.3 is 17.2 Å². The highest BCUT2D eigenvalue weighted by Gasteiger charge is 2.04. The van der Waals surface area contributed by atoms with Crippen molar-refractivity contribution in [2.75, 3.05) is 12.3 Å². The van der Waals surface area contributed by atoms with Crippen LogP contribution in [-0.2, 0) is 0 Å². The highest BCUT2D eigenvalue weighted by molar-refractivity contribution is 9.10. The van der Waals surface area contributed by atoms with Gasteiger partial charge in [0, 0.05) is 22.7 Å². The predicted molar refractivity (Wildman–Crippen MR) is 54.5 cm³/mol. The smallest absolute Gasteiger partial charge is 0.0458 e. The largest absolute Gasteiger partial charge is 0.398 e. The van der Waals surface area contributed by atoms with Gasteiger partial charge in [0.25, 0.3) is 0 Å². The topological polar surface area (TPSA) is 78.1 Å². The van der Waals surface area contributed by atoms with Gasteiger partial charge in [-0.25, -0.2) is 0 Å². The first kappa shape index (κ1) is 9.51. The number of hydrogen-bond donors (Lipinski definition) is 3. The molecule has 1 atom stereocenters. The van der Waals surface area contributed by atoms with E-state index in [2.05, 4.69) is 15.9 Å². The van der Waals surface area contributed by atoms with Crippen LogP contribution >= 0.6 is 15.9 Å². The van der Waals surface area contributed by atoms with Crippen molar-refractivity contribution in [3.63, 3.8) is 0 Å². The molecule has 0 fully saturated rings. The molecular formula is C8H12BrN3. The number of halogens is 1. The zero-order chi connectivity index (χ0) is 9.14. The van der Waals surface area contributed by atoms with E-state index in [1.54, 1.807) is 0 Å². The van der Waals surface area contributed by atoms with Crippen LogP contribution in [0.3, 0.4) is 0 Å². The first-order valence-electron chi connectivity index (χ1n) is 3.65. The molecule has 0 heterocycles. The van der Waals surface area contributed by atoms with Crippen molar-refractivity contribution in [2.24, 2.45) is 11.5 Å². The van der Waals surface area contributed by atoms with E-state index < -0.39 is 0 Å². The second-order valence-corrected chi connectivity index (χ2v) is 3.48. The van der Waals surface area contributed by atoms with Crippen LogP contribution in [-0.4, -0.2) is 6.54 Å². The van der Waals surface area contributed by atoms with Gasteiger partial charge in [-0.1, -0.05) is 6.07 Å². The number of hydrogen-bond acceptors (Lipinski definition) is 3. The fourth-order valence-electron chi connectivity index (χ4n) is 0.910. The van der Waals surface area contributed by atoms with Gasteiger partial charge in [0.05, 0.1) is 0 Å². The third kappa shape index (κ3) is 1.97. The fourth-order valence-corrected chi connectivity index (χ4v) is 1.31. The Morgan fingerprint density at radius 2 is 2.08 bits per heavy atom. The summed E-state index contributed by atoms with van der Waals surface area (Å²) in [5.41, 5.74) is 18.5. The highest BCUT2D eigenvalue weighted by atomic mass is 79.9. The minimum Gasteiger partial charge on any atom is -0.398 e. The van der Waals surface area contributed by atoms with Crippen molar-refractivity contribution in [1.82, 2.24) is 0 Å². The normalized spacial score (nSPS) is 12.9. The van der Waals surface area contributed by atoms with E-state index in [9.17, 15) is 0 Å². The third-order valence-corrected chi connectivity index (χ3v) is 2.39. The molecule has 0 radical (unpaired) electrons. The van der Waals surface area contributed by atoms with E-state index in [0.29, 0.717) is 12.2 Å². The van der Waals surface area contributed by atoms with Crippen LogP contribution in [0.25, 0.3) is 0 Å². The monoisotopic (exact) mass is 229 g/mol. The number of benzene rings is 1. The average molecular weight is 230 g/mol. The first-order valence-corrected chi connectivity index (χ1v) is 4.45. The summed E-state index contributed by atoms with van der Waals surface area (Å²) in [6, 6.07) is 5.49. The summed E-state index contributed by atoms with van der Waals surface area (Å²) >= 11 is 3.32. The molecule has 1 aromatic rings. The van der Waals surface area contributed by atoms with E-state index in [1.807, 2.05) is 18.2 Å². The molecule has 0 spiro atoms. The van der Waals surface area contributed by atoms with Crippen LogP contribution in [0, 0.1) is 0 Å². The molecule has 0 aromatic heterocycles. The second kappa shape index (κ2) is 3.89. The maximum atomic E-state index is 5.73. The molecule has 1 rings (SSSR count). The SMILES string of the molecule is NCC(N)c1ccc(N)c(Br)c1. The Balaban J connectivity index is 2.96. The fraction of sp³-hybridized carbons (Fsp3) is 0.250. The first-order chi connectivity index (χ1) is 5.65. The van der Waals surface area contributed by atoms with Gasteiger partial charge >= 0.3 is 0 Å². The molecule has 66 valence electrons. The summed E-state index contributed by atoms with van der Waals surface area (Å²) < 4.78 is 0.865. The van der Waals surface area contributed by atoms with Crippen LogP contribution in [0.4, 0.5) is 5.69 Å². The van der Waals surface area contributed by atoms with Gasteiger partial charge in [0.15, 0.2) is 0 Å². The number of nitrogen functional groups attached to an aromatic ring is 1. The lowest BCUT2D eigenvalue weighted by Crippen LogP contribution is -2.20. The standard InChI is InChI=1S/C8H12BrN3/c9-6-3-5(8(12)4-10)1-2-7(6)11/h1-3,8H,4,10-12H2. The molecule has 0 aliphatic carbocycles. The molecule has 0 aliphatic rings. The lowest BCUT2D eigenvalue weighted by Gasteiger charge is -2.09. The number of nitrogens with two attached hydrogens (primary N) is 3. The van der Waals surface area contributed by atoms with Crippen LogP contribution in [0.2, 0.25) is 0 Å². The number of anilines is 1. The molecule has 0 aliphatic heterocycles. The lowest BCUT2D eigenvalue weighted by molar-refractivity contribution is 0.737. The van der Waals surface area contributed by atoms with Gasteiger partial charge in [-0.2, -0.15) is 0 Å². The maximum absolute atomic E-state index is 5.73. The van der Waals surface area contributed by atoms with Gasteiger partial charge in [0.2, 0.25) is 0 Å². The molecule has 4 heteroatoms. The predicted octanol–water partition coefficient (Wildman–Crippen LogP) is 0.990. The van der Waals surface area contributed by atoms with Crippen LogP contribution in [0.15, 0.2) is 22.7 Å². The van der Waals surface area contributed by atoms with E-state index in [-0.39, 0.29) is 6.04 Å². The lowest BCUT2D eigenvalue weighted by atomic mass is 10.1. The summed E-state index contributed by atoms with van der Waals surface area (Å²) in [5.74, 6) is 0. The number of rotatable bonds is 2. The van der Waals surface area contributed by atoms with Crippen LogP contribution < -0.4 is 17.2 Å². The minimum atomic E-state index is -0.109. The summed E-state index contributed by atoms with van der Waals surface area (Å²) in [5, 5.41) is 0. The van der Waals surface area contributed by atoms with Gasteiger partial charge in [-0.3, -0.25) is 0 Å². The Morgan fingerprint density at radius 1 is 1.42 bits per heavy atom. The molecule has 0 amide bonds. The molecule has 1 unspecified atom stereocenters. The zero-order valence-electron chi connectivity index (χ0n) is 6.63. The molecule has 12 heavy (non-hydrogen) atoms. The van der Waals surface area contributed by atoms with E-state index >= 15 is 0 Å². The molecule has 3 nitrogen and oxygen atoms in total.